The van der Waals surface area contributed by atoms with Crippen LogP contribution in [0.3, 0.4) is 0 Å². The third kappa shape index (κ3) is 4.37. The molecule has 1 aromatic carbocycles. The van der Waals surface area contributed by atoms with Crippen molar-refractivity contribution in [3.05, 3.63) is 75.5 Å². The number of hydrogen-bond donors (Lipinski definition) is 2. The van der Waals surface area contributed by atoms with Crippen LogP contribution in [-0.4, -0.2) is 37.6 Å². The van der Waals surface area contributed by atoms with Gasteiger partial charge in [0.05, 0.1) is 19.1 Å². The minimum atomic E-state index is -0.696. The summed E-state index contributed by atoms with van der Waals surface area (Å²) in [6.07, 6.45) is 2.05. The highest BCUT2D eigenvalue weighted by atomic mass is 16.5. The average Bonchev–Trinajstić information content (AvgIpc) is 3.13. The lowest BCUT2D eigenvalue weighted by molar-refractivity contribution is -0.140. The van der Waals surface area contributed by atoms with Crippen LogP contribution in [0.25, 0.3) is 0 Å². The second-order valence-corrected chi connectivity index (χ2v) is 7.17. The van der Waals surface area contributed by atoms with Gasteiger partial charge in [0.25, 0.3) is 5.56 Å². The fourth-order valence-electron chi connectivity index (χ4n) is 3.61. The number of phenolic OH excluding ortho intramolecular Hbond substituents is 1. The Hall–Kier alpha value is -3.55. The standard InChI is InChI=1S/C22H25N3O5/c1-14-12-19(27)21(17(13-20(28)30-3)18-8-10-23-24(18)2)22(29)25(14)11-9-15-4-6-16(26)7-5-15/h4-8,10,12,17,26-27H,9,11,13H2,1-3H3/t17-/m1/s1. The van der Waals surface area contributed by atoms with Crippen LogP contribution in [-0.2, 0) is 29.5 Å². The number of pyridine rings is 1. The SMILES string of the molecule is COC(=O)C[C@@H](c1c(O)cc(C)n(CCc2ccc(O)cc2)c1=O)c1ccnn1C. The van der Waals surface area contributed by atoms with E-state index in [-0.39, 0.29) is 29.0 Å². The van der Waals surface area contributed by atoms with E-state index in [4.69, 9.17) is 4.74 Å². The van der Waals surface area contributed by atoms with E-state index >= 15 is 0 Å². The van der Waals surface area contributed by atoms with Crippen molar-refractivity contribution < 1.29 is 19.7 Å². The summed E-state index contributed by atoms with van der Waals surface area (Å²) in [5.74, 6) is -1.16. The fourth-order valence-corrected chi connectivity index (χ4v) is 3.61. The largest absolute Gasteiger partial charge is 0.508 e. The van der Waals surface area contributed by atoms with Gasteiger partial charge in [0, 0.05) is 37.1 Å². The zero-order valence-electron chi connectivity index (χ0n) is 17.2. The lowest BCUT2D eigenvalue weighted by atomic mass is 9.92. The molecule has 2 heterocycles. The van der Waals surface area contributed by atoms with E-state index in [0.717, 1.165) is 5.56 Å². The maximum absolute atomic E-state index is 13.4. The molecule has 0 fully saturated rings. The van der Waals surface area contributed by atoms with Crippen molar-refractivity contribution in [3.8, 4) is 11.5 Å². The molecule has 0 unspecified atom stereocenters. The third-order valence-electron chi connectivity index (χ3n) is 5.25. The third-order valence-corrected chi connectivity index (χ3v) is 5.25. The minimum Gasteiger partial charge on any atom is -0.508 e. The van der Waals surface area contributed by atoms with Gasteiger partial charge in [0.1, 0.15) is 11.5 Å². The normalized spacial score (nSPS) is 12.0. The Morgan fingerprint density at radius 1 is 1.20 bits per heavy atom. The maximum Gasteiger partial charge on any atom is 0.306 e. The number of carbonyl (C=O) groups excluding carboxylic acids is 1. The number of phenols is 1. The molecule has 30 heavy (non-hydrogen) atoms. The number of rotatable bonds is 7. The Labute approximate surface area is 174 Å². The van der Waals surface area contributed by atoms with Crippen molar-refractivity contribution >= 4 is 5.97 Å². The number of benzene rings is 1. The highest BCUT2D eigenvalue weighted by Gasteiger charge is 2.28. The average molecular weight is 411 g/mol. The molecule has 3 rings (SSSR count). The number of aryl methyl sites for hydroxylation is 3. The van der Waals surface area contributed by atoms with Gasteiger partial charge in [-0.05, 0) is 43.2 Å². The lowest BCUT2D eigenvalue weighted by Crippen LogP contribution is -2.30. The van der Waals surface area contributed by atoms with Crippen molar-refractivity contribution in [2.45, 2.75) is 32.2 Å². The molecule has 0 saturated carbocycles. The van der Waals surface area contributed by atoms with Gasteiger partial charge in [-0.15, -0.1) is 0 Å². The molecule has 0 radical (unpaired) electrons. The Balaban J connectivity index is 2.03. The van der Waals surface area contributed by atoms with Gasteiger partial charge in [-0.1, -0.05) is 12.1 Å². The van der Waals surface area contributed by atoms with Crippen molar-refractivity contribution in [3.63, 3.8) is 0 Å². The number of hydrogen-bond acceptors (Lipinski definition) is 6. The summed E-state index contributed by atoms with van der Waals surface area (Å²) in [4.78, 5) is 25.4. The molecule has 1 atom stereocenters. The summed E-state index contributed by atoms with van der Waals surface area (Å²) in [5.41, 5.74) is 1.98. The molecule has 3 aromatic rings. The molecule has 8 heteroatoms. The zero-order chi connectivity index (χ0) is 21.8. The van der Waals surface area contributed by atoms with Gasteiger partial charge in [-0.2, -0.15) is 5.10 Å². The van der Waals surface area contributed by atoms with E-state index in [2.05, 4.69) is 5.10 Å². The fraction of sp³-hybridized carbons (Fsp3) is 0.318. The number of methoxy groups -OCH3 is 1. The molecule has 2 aromatic heterocycles. The van der Waals surface area contributed by atoms with Crippen LogP contribution in [0, 0.1) is 6.92 Å². The predicted molar refractivity (Wildman–Crippen MR) is 111 cm³/mol. The summed E-state index contributed by atoms with van der Waals surface area (Å²) in [5, 5.41) is 24.2. The van der Waals surface area contributed by atoms with Gasteiger partial charge in [0.2, 0.25) is 0 Å². The Kier molecular flexibility index (Phi) is 6.25. The summed E-state index contributed by atoms with van der Waals surface area (Å²) >= 11 is 0. The highest BCUT2D eigenvalue weighted by Crippen LogP contribution is 2.32. The summed E-state index contributed by atoms with van der Waals surface area (Å²) in [6.45, 7) is 2.14. The van der Waals surface area contributed by atoms with E-state index in [1.165, 1.54) is 13.2 Å². The van der Waals surface area contributed by atoms with Gasteiger partial charge in [-0.3, -0.25) is 14.3 Å². The molecule has 0 spiro atoms. The lowest BCUT2D eigenvalue weighted by Gasteiger charge is -2.20. The monoisotopic (exact) mass is 411 g/mol. The van der Waals surface area contributed by atoms with Crippen molar-refractivity contribution in [1.29, 1.82) is 0 Å². The van der Waals surface area contributed by atoms with Gasteiger partial charge < -0.3 is 19.5 Å². The van der Waals surface area contributed by atoms with E-state index in [9.17, 15) is 19.8 Å². The molecule has 0 aliphatic rings. The summed E-state index contributed by atoms with van der Waals surface area (Å²) in [6, 6.07) is 10.0. The Bertz CT molecular complexity index is 1100. The van der Waals surface area contributed by atoms with Crippen LogP contribution < -0.4 is 5.56 Å². The minimum absolute atomic E-state index is 0.0974. The molecule has 0 amide bonds. The molecule has 0 aliphatic heterocycles. The van der Waals surface area contributed by atoms with E-state index in [1.807, 2.05) is 0 Å². The number of carbonyl (C=O) groups is 1. The first-order valence-corrected chi connectivity index (χ1v) is 9.57. The first-order valence-electron chi connectivity index (χ1n) is 9.57. The Morgan fingerprint density at radius 3 is 2.50 bits per heavy atom. The van der Waals surface area contributed by atoms with Crippen LogP contribution in [0.1, 0.15) is 34.9 Å². The quantitative estimate of drug-likeness (QED) is 0.578. The maximum atomic E-state index is 13.4. The van der Waals surface area contributed by atoms with Crippen LogP contribution in [0.15, 0.2) is 47.4 Å². The molecule has 158 valence electrons. The number of aromatic hydroxyl groups is 2. The molecule has 0 saturated heterocycles. The van der Waals surface area contributed by atoms with E-state index in [0.29, 0.717) is 24.4 Å². The van der Waals surface area contributed by atoms with Crippen LogP contribution >= 0.6 is 0 Å². The first kappa shape index (κ1) is 21.2. The van der Waals surface area contributed by atoms with Gasteiger partial charge >= 0.3 is 5.97 Å². The van der Waals surface area contributed by atoms with E-state index < -0.39 is 11.9 Å². The van der Waals surface area contributed by atoms with Gasteiger partial charge in [0.15, 0.2) is 0 Å². The molecular formula is C22H25N3O5. The topological polar surface area (TPSA) is 107 Å². The van der Waals surface area contributed by atoms with Crippen LogP contribution in [0.4, 0.5) is 0 Å². The number of aromatic nitrogens is 3. The van der Waals surface area contributed by atoms with Crippen molar-refractivity contribution in [2.24, 2.45) is 7.05 Å². The number of nitrogens with zero attached hydrogens (tertiary/aromatic N) is 3. The second-order valence-electron chi connectivity index (χ2n) is 7.17. The number of esters is 1. The number of ether oxygens (including phenoxy) is 1. The van der Waals surface area contributed by atoms with Crippen LogP contribution in [0.5, 0.6) is 11.5 Å². The summed E-state index contributed by atoms with van der Waals surface area (Å²) < 4.78 is 7.97. The zero-order valence-corrected chi connectivity index (χ0v) is 17.2. The summed E-state index contributed by atoms with van der Waals surface area (Å²) in [7, 11) is 3.00. The highest BCUT2D eigenvalue weighted by molar-refractivity contribution is 5.71. The molecule has 2 N–H and O–H groups in total. The predicted octanol–water partition coefficient (Wildman–Crippen LogP) is 2.24. The molecule has 0 bridgehead atoms. The van der Waals surface area contributed by atoms with Crippen molar-refractivity contribution in [1.82, 2.24) is 14.3 Å². The van der Waals surface area contributed by atoms with Gasteiger partial charge in [-0.25, -0.2) is 0 Å². The Morgan fingerprint density at radius 2 is 1.90 bits per heavy atom. The molecule has 0 aliphatic carbocycles. The smallest absolute Gasteiger partial charge is 0.306 e. The van der Waals surface area contributed by atoms with Crippen molar-refractivity contribution in [2.75, 3.05) is 7.11 Å². The second kappa shape index (κ2) is 8.86. The molecular weight excluding hydrogens is 386 g/mol. The van der Waals surface area contributed by atoms with E-state index in [1.54, 1.807) is 59.7 Å². The van der Waals surface area contributed by atoms with Crippen LogP contribution in [0.2, 0.25) is 0 Å². The molecule has 8 nitrogen and oxygen atoms in total. The first-order chi connectivity index (χ1) is 14.3.